The van der Waals surface area contributed by atoms with Crippen molar-refractivity contribution < 1.29 is 10.2 Å². The molecular weight excluding hydrogens is 168 g/mol. The van der Waals surface area contributed by atoms with E-state index >= 15 is 0 Å². The van der Waals surface area contributed by atoms with E-state index in [0.717, 1.165) is 12.8 Å². The fourth-order valence-electron chi connectivity index (χ4n) is 1.93. The normalized spacial score (nSPS) is 32.3. The molecule has 4 heteroatoms. The standard InChI is InChI=1S/C9H20N2O2/c1-2-7(3-4-10)11-5-8(12)9(13)6-11/h7-9,12-13H,2-6,10H2,1H3. The molecule has 4 nitrogen and oxygen atoms in total. The summed E-state index contributed by atoms with van der Waals surface area (Å²) >= 11 is 0. The van der Waals surface area contributed by atoms with E-state index in [2.05, 4.69) is 11.8 Å². The minimum absolute atomic E-state index is 0.414. The maximum absolute atomic E-state index is 9.36. The molecule has 0 bridgehead atoms. The van der Waals surface area contributed by atoms with Crippen LogP contribution in [0.3, 0.4) is 0 Å². The summed E-state index contributed by atoms with van der Waals surface area (Å²) in [7, 11) is 0. The van der Waals surface area contributed by atoms with Crippen molar-refractivity contribution in [2.24, 2.45) is 5.73 Å². The van der Waals surface area contributed by atoms with Gasteiger partial charge in [-0.3, -0.25) is 4.90 Å². The minimum Gasteiger partial charge on any atom is -0.389 e. The molecule has 1 heterocycles. The van der Waals surface area contributed by atoms with E-state index in [1.54, 1.807) is 0 Å². The van der Waals surface area contributed by atoms with Crippen molar-refractivity contribution in [1.82, 2.24) is 4.90 Å². The quantitative estimate of drug-likeness (QED) is 0.537. The Labute approximate surface area is 79.3 Å². The first-order valence-electron chi connectivity index (χ1n) is 4.99. The second-order valence-corrected chi connectivity index (χ2v) is 3.73. The molecule has 0 aliphatic carbocycles. The molecule has 1 aliphatic rings. The highest BCUT2D eigenvalue weighted by Crippen LogP contribution is 2.17. The second-order valence-electron chi connectivity index (χ2n) is 3.73. The summed E-state index contributed by atoms with van der Waals surface area (Å²) in [5.41, 5.74) is 5.49. The van der Waals surface area contributed by atoms with Crippen LogP contribution in [0.15, 0.2) is 0 Å². The molecule has 0 aromatic heterocycles. The Hall–Kier alpha value is -0.160. The molecule has 4 N–H and O–H groups in total. The molecule has 13 heavy (non-hydrogen) atoms. The third-order valence-electron chi connectivity index (χ3n) is 2.77. The molecule has 0 saturated carbocycles. The predicted molar refractivity (Wildman–Crippen MR) is 51.3 cm³/mol. The predicted octanol–water partition coefficient (Wildman–Crippen LogP) is -0.849. The molecule has 1 saturated heterocycles. The van der Waals surface area contributed by atoms with Crippen molar-refractivity contribution in [3.63, 3.8) is 0 Å². The van der Waals surface area contributed by atoms with E-state index in [1.165, 1.54) is 0 Å². The Morgan fingerprint density at radius 2 is 1.92 bits per heavy atom. The molecular formula is C9H20N2O2. The van der Waals surface area contributed by atoms with E-state index in [0.29, 0.717) is 25.7 Å². The highest BCUT2D eigenvalue weighted by molar-refractivity contribution is 4.87. The van der Waals surface area contributed by atoms with Crippen LogP contribution in [0.1, 0.15) is 19.8 Å². The third-order valence-corrected chi connectivity index (χ3v) is 2.77. The van der Waals surface area contributed by atoms with Gasteiger partial charge in [0.25, 0.3) is 0 Å². The van der Waals surface area contributed by atoms with E-state index in [4.69, 9.17) is 5.73 Å². The van der Waals surface area contributed by atoms with E-state index in [-0.39, 0.29) is 0 Å². The molecule has 78 valence electrons. The van der Waals surface area contributed by atoms with Crippen molar-refractivity contribution in [2.45, 2.75) is 38.0 Å². The number of nitrogens with two attached hydrogens (primary N) is 1. The maximum atomic E-state index is 9.36. The summed E-state index contributed by atoms with van der Waals surface area (Å²) in [5.74, 6) is 0. The van der Waals surface area contributed by atoms with Gasteiger partial charge in [-0.2, -0.15) is 0 Å². The molecule has 0 amide bonds. The van der Waals surface area contributed by atoms with Crippen LogP contribution in [0, 0.1) is 0 Å². The number of aliphatic hydroxyl groups excluding tert-OH is 2. The maximum Gasteiger partial charge on any atom is 0.0938 e. The van der Waals surface area contributed by atoms with E-state index in [1.807, 2.05) is 0 Å². The summed E-state index contributed by atoms with van der Waals surface area (Å²) in [6.45, 7) is 3.94. The first-order chi connectivity index (χ1) is 6.19. The van der Waals surface area contributed by atoms with Gasteiger partial charge in [-0.15, -0.1) is 0 Å². The third kappa shape index (κ3) is 2.64. The lowest BCUT2D eigenvalue weighted by Gasteiger charge is -2.25. The molecule has 1 fully saturated rings. The number of nitrogens with zero attached hydrogens (tertiary/aromatic N) is 1. The summed E-state index contributed by atoms with van der Waals surface area (Å²) in [5, 5.41) is 18.7. The van der Waals surface area contributed by atoms with Crippen LogP contribution in [0.4, 0.5) is 0 Å². The number of likely N-dealkylation sites (tertiary alicyclic amines) is 1. The number of rotatable bonds is 4. The topological polar surface area (TPSA) is 69.7 Å². The van der Waals surface area contributed by atoms with Gasteiger partial charge < -0.3 is 15.9 Å². The van der Waals surface area contributed by atoms with Gasteiger partial charge in [0.15, 0.2) is 0 Å². The highest BCUT2D eigenvalue weighted by Gasteiger charge is 2.32. The molecule has 3 unspecified atom stereocenters. The van der Waals surface area contributed by atoms with Gasteiger partial charge in [-0.1, -0.05) is 6.92 Å². The largest absolute Gasteiger partial charge is 0.389 e. The van der Waals surface area contributed by atoms with Crippen molar-refractivity contribution >= 4 is 0 Å². The Balaban J connectivity index is 2.42. The van der Waals surface area contributed by atoms with Crippen LogP contribution in [0.25, 0.3) is 0 Å². The van der Waals surface area contributed by atoms with Crippen LogP contribution < -0.4 is 5.73 Å². The van der Waals surface area contributed by atoms with Gasteiger partial charge in [-0.25, -0.2) is 0 Å². The van der Waals surface area contributed by atoms with Gasteiger partial charge in [0.2, 0.25) is 0 Å². The number of hydrogen-bond donors (Lipinski definition) is 3. The van der Waals surface area contributed by atoms with Crippen LogP contribution >= 0.6 is 0 Å². The Kier molecular flexibility index (Phi) is 4.12. The van der Waals surface area contributed by atoms with Gasteiger partial charge >= 0.3 is 0 Å². The van der Waals surface area contributed by atoms with Crippen molar-refractivity contribution in [3.8, 4) is 0 Å². The number of β-amino-alcohol motifs (C(OH)–C–C–N with tert-alkyl or cyclic N) is 2. The van der Waals surface area contributed by atoms with Gasteiger partial charge in [0.05, 0.1) is 12.2 Å². The Morgan fingerprint density at radius 1 is 1.38 bits per heavy atom. The SMILES string of the molecule is CCC(CCN)N1CC(O)C(O)C1. The number of aliphatic hydroxyl groups is 2. The van der Waals surface area contributed by atoms with Crippen molar-refractivity contribution in [2.75, 3.05) is 19.6 Å². The number of hydrogen-bond acceptors (Lipinski definition) is 4. The van der Waals surface area contributed by atoms with Gasteiger partial charge in [0.1, 0.15) is 0 Å². The van der Waals surface area contributed by atoms with Crippen LogP contribution in [0.2, 0.25) is 0 Å². The fourth-order valence-corrected chi connectivity index (χ4v) is 1.93. The average Bonchev–Trinajstić information content (AvgIpc) is 2.43. The Morgan fingerprint density at radius 3 is 2.31 bits per heavy atom. The average molecular weight is 188 g/mol. The summed E-state index contributed by atoms with van der Waals surface area (Å²) < 4.78 is 0. The highest BCUT2D eigenvalue weighted by atomic mass is 16.3. The molecule has 1 rings (SSSR count). The lowest BCUT2D eigenvalue weighted by Crippen LogP contribution is -2.35. The summed E-state index contributed by atoms with van der Waals surface area (Å²) in [6.07, 6.45) is 0.811. The summed E-state index contributed by atoms with van der Waals surface area (Å²) in [6, 6.07) is 0.414. The van der Waals surface area contributed by atoms with E-state index in [9.17, 15) is 10.2 Å². The van der Waals surface area contributed by atoms with Gasteiger partial charge in [-0.05, 0) is 19.4 Å². The van der Waals surface area contributed by atoms with Crippen LogP contribution in [-0.2, 0) is 0 Å². The molecule has 1 aliphatic heterocycles. The Bertz CT molecular complexity index is 145. The first kappa shape index (κ1) is 10.9. The molecule has 0 radical (unpaired) electrons. The first-order valence-corrected chi connectivity index (χ1v) is 4.99. The van der Waals surface area contributed by atoms with Crippen molar-refractivity contribution in [3.05, 3.63) is 0 Å². The molecule has 0 spiro atoms. The van der Waals surface area contributed by atoms with Crippen molar-refractivity contribution in [1.29, 1.82) is 0 Å². The molecule has 0 aromatic rings. The lowest BCUT2D eigenvalue weighted by atomic mass is 10.1. The summed E-state index contributed by atoms with van der Waals surface area (Å²) in [4.78, 5) is 2.13. The van der Waals surface area contributed by atoms with Crippen LogP contribution in [0.5, 0.6) is 0 Å². The minimum atomic E-state index is -0.577. The zero-order valence-electron chi connectivity index (χ0n) is 8.19. The monoisotopic (exact) mass is 188 g/mol. The lowest BCUT2D eigenvalue weighted by molar-refractivity contribution is 0.0572. The van der Waals surface area contributed by atoms with E-state index < -0.39 is 12.2 Å². The molecule has 0 aromatic carbocycles. The second kappa shape index (κ2) is 4.91. The zero-order valence-corrected chi connectivity index (χ0v) is 8.19. The zero-order chi connectivity index (χ0) is 9.84. The fraction of sp³-hybridized carbons (Fsp3) is 1.00. The van der Waals surface area contributed by atoms with Gasteiger partial charge in [0, 0.05) is 19.1 Å². The smallest absolute Gasteiger partial charge is 0.0938 e. The molecule has 3 atom stereocenters. The van der Waals surface area contributed by atoms with Crippen LogP contribution in [-0.4, -0.2) is 53.0 Å².